The number of rotatable bonds is 4. The quantitative estimate of drug-likeness (QED) is 0.739. The molecule has 2 aromatic heterocycles. The van der Waals surface area contributed by atoms with E-state index >= 15 is 0 Å². The zero-order chi connectivity index (χ0) is 15.5. The maximum Gasteiger partial charge on any atom is 0.123 e. The molecular weight excluding hydrogens is 281 g/mol. The molecule has 3 rings (SSSR count). The van der Waals surface area contributed by atoms with Gasteiger partial charge in [0.1, 0.15) is 17.6 Å². The number of halogens is 1. The molecule has 0 bridgehead atoms. The average molecular weight is 297 g/mol. The van der Waals surface area contributed by atoms with E-state index in [1.807, 2.05) is 32.2 Å². The Labute approximate surface area is 128 Å². The van der Waals surface area contributed by atoms with Crippen LogP contribution in [0, 0.1) is 5.82 Å². The summed E-state index contributed by atoms with van der Waals surface area (Å²) in [4.78, 5) is 11.1. The number of nitrogens with zero attached hydrogens (tertiary/aromatic N) is 3. The molecule has 0 atom stereocenters. The van der Waals surface area contributed by atoms with E-state index in [0.29, 0.717) is 0 Å². The van der Waals surface area contributed by atoms with E-state index in [4.69, 9.17) is 4.84 Å². The van der Waals surface area contributed by atoms with Gasteiger partial charge in [0.15, 0.2) is 0 Å². The third kappa shape index (κ3) is 2.98. The van der Waals surface area contributed by atoms with Crippen molar-refractivity contribution in [2.45, 2.75) is 20.0 Å². The van der Waals surface area contributed by atoms with Crippen molar-refractivity contribution in [3.63, 3.8) is 0 Å². The molecule has 0 radical (unpaired) electrons. The van der Waals surface area contributed by atoms with Gasteiger partial charge in [-0.05, 0) is 55.8 Å². The predicted molar refractivity (Wildman–Crippen MR) is 82.6 cm³/mol. The molecule has 0 fully saturated rings. The monoisotopic (exact) mass is 297 g/mol. The van der Waals surface area contributed by atoms with Gasteiger partial charge in [0.2, 0.25) is 0 Å². The SMILES string of the molecule is CC(C)On1cc(-c2ccncc2)c(-c2ccc(F)cc2)n1. The van der Waals surface area contributed by atoms with Gasteiger partial charge in [-0.1, -0.05) is 0 Å². The Morgan fingerprint density at radius 2 is 1.68 bits per heavy atom. The van der Waals surface area contributed by atoms with Crippen LogP contribution in [0.1, 0.15) is 13.8 Å². The van der Waals surface area contributed by atoms with Crippen LogP contribution in [-0.2, 0) is 0 Å². The van der Waals surface area contributed by atoms with Crippen molar-refractivity contribution >= 4 is 0 Å². The average Bonchev–Trinajstić information content (AvgIpc) is 2.92. The summed E-state index contributed by atoms with van der Waals surface area (Å²) < 4.78 is 13.1. The van der Waals surface area contributed by atoms with Crippen molar-refractivity contribution in [3.05, 3.63) is 60.8 Å². The van der Waals surface area contributed by atoms with Crippen LogP contribution in [0.3, 0.4) is 0 Å². The molecule has 22 heavy (non-hydrogen) atoms. The molecule has 0 aliphatic heterocycles. The third-order valence-corrected chi connectivity index (χ3v) is 3.12. The fourth-order valence-electron chi connectivity index (χ4n) is 2.19. The topological polar surface area (TPSA) is 39.9 Å². The molecule has 0 aliphatic carbocycles. The van der Waals surface area contributed by atoms with E-state index in [-0.39, 0.29) is 11.9 Å². The van der Waals surface area contributed by atoms with Gasteiger partial charge in [-0.3, -0.25) is 4.98 Å². The summed E-state index contributed by atoms with van der Waals surface area (Å²) >= 11 is 0. The largest absolute Gasteiger partial charge is 0.394 e. The predicted octanol–water partition coefficient (Wildman–Crippen LogP) is 3.59. The van der Waals surface area contributed by atoms with E-state index in [0.717, 1.165) is 22.4 Å². The maximum atomic E-state index is 13.1. The lowest BCUT2D eigenvalue weighted by atomic mass is 10.0. The van der Waals surface area contributed by atoms with Crippen molar-refractivity contribution in [1.29, 1.82) is 0 Å². The van der Waals surface area contributed by atoms with E-state index < -0.39 is 0 Å². The Morgan fingerprint density at radius 3 is 2.32 bits per heavy atom. The summed E-state index contributed by atoms with van der Waals surface area (Å²) in [6, 6.07) is 10.1. The van der Waals surface area contributed by atoms with Crippen molar-refractivity contribution in [1.82, 2.24) is 14.9 Å². The lowest BCUT2D eigenvalue weighted by Crippen LogP contribution is -2.19. The molecule has 1 aromatic carbocycles. The number of hydrogen-bond acceptors (Lipinski definition) is 3. The molecule has 0 saturated carbocycles. The number of benzene rings is 1. The van der Waals surface area contributed by atoms with Gasteiger partial charge in [-0.2, -0.15) is 0 Å². The number of aromatic nitrogens is 3. The van der Waals surface area contributed by atoms with Crippen molar-refractivity contribution < 1.29 is 9.23 Å². The maximum absolute atomic E-state index is 13.1. The summed E-state index contributed by atoms with van der Waals surface area (Å²) in [5.74, 6) is -0.271. The molecule has 0 spiro atoms. The zero-order valence-corrected chi connectivity index (χ0v) is 12.4. The highest BCUT2D eigenvalue weighted by Crippen LogP contribution is 2.30. The molecule has 0 saturated heterocycles. The lowest BCUT2D eigenvalue weighted by molar-refractivity contribution is 0.0366. The van der Waals surface area contributed by atoms with Gasteiger partial charge in [-0.15, -0.1) is 9.94 Å². The molecular formula is C17H16FN3O. The van der Waals surface area contributed by atoms with Crippen LogP contribution in [0.25, 0.3) is 22.4 Å². The van der Waals surface area contributed by atoms with Crippen molar-refractivity contribution in [3.8, 4) is 22.4 Å². The molecule has 0 unspecified atom stereocenters. The summed E-state index contributed by atoms with van der Waals surface area (Å²) in [5.41, 5.74) is 3.47. The summed E-state index contributed by atoms with van der Waals surface area (Å²) in [6.07, 6.45) is 5.29. The fourth-order valence-corrected chi connectivity index (χ4v) is 2.19. The van der Waals surface area contributed by atoms with Crippen LogP contribution >= 0.6 is 0 Å². The molecule has 4 nitrogen and oxygen atoms in total. The first-order valence-corrected chi connectivity index (χ1v) is 7.06. The van der Waals surface area contributed by atoms with Crippen LogP contribution in [0.2, 0.25) is 0 Å². The highest BCUT2D eigenvalue weighted by atomic mass is 19.1. The zero-order valence-electron chi connectivity index (χ0n) is 12.4. The second-order valence-electron chi connectivity index (χ2n) is 5.19. The summed E-state index contributed by atoms with van der Waals surface area (Å²) in [5, 5.41) is 4.48. The summed E-state index contributed by atoms with van der Waals surface area (Å²) in [7, 11) is 0. The highest BCUT2D eigenvalue weighted by Gasteiger charge is 2.14. The Hall–Kier alpha value is -2.69. The Bertz CT molecular complexity index is 751. The lowest BCUT2D eigenvalue weighted by Gasteiger charge is -2.07. The fraction of sp³-hybridized carbons (Fsp3) is 0.176. The normalized spacial score (nSPS) is 10.9. The van der Waals surface area contributed by atoms with Crippen molar-refractivity contribution in [2.75, 3.05) is 0 Å². The van der Waals surface area contributed by atoms with E-state index in [1.165, 1.54) is 17.0 Å². The second kappa shape index (κ2) is 5.97. The van der Waals surface area contributed by atoms with Crippen LogP contribution in [-0.4, -0.2) is 21.0 Å². The standard InChI is InChI=1S/C17H16FN3O/c1-12(2)22-21-11-16(13-7-9-19-10-8-13)17(20-21)14-3-5-15(18)6-4-14/h3-12H,1-2H3. The Kier molecular flexibility index (Phi) is 3.87. The van der Waals surface area contributed by atoms with Gasteiger partial charge >= 0.3 is 0 Å². The first kappa shape index (κ1) is 14.3. The van der Waals surface area contributed by atoms with Gasteiger partial charge in [0.25, 0.3) is 0 Å². The Balaban J connectivity index is 2.10. The van der Waals surface area contributed by atoms with E-state index in [1.54, 1.807) is 24.5 Å². The van der Waals surface area contributed by atoms with Crippen LogP contribution in [0.5, 0.6) is 0 Å². The first-order chi connectivity index (χ1) is 10.6. The third-order valence-electron chi connectivity index (χ3n) is 3.12. The van der Waals surface area contributed by atoms with Crippen LogP contribution in [0.4, 0.5) is 4.39 Å². The van der Waals surface area contributed by atoms with Crippen molar-refractivity contribution in [2.24, 2.45) is 0 Å². The molecule has 0 aliphatic rings. The highest BCUT2D eigenvalue weighted by molar-refractivity contribution is 5.80. The minimum atomic E-state index is -0.271. The van der Waals surface area contributed by atoms with E-state index in [9.17, 15) is 4.39 Å². The van der Waals surface area contributed by atoms with Gasteiger partial charge < -0.3 is 4.84 Å². The van der Waals surface area contributed by atoms with E-state index in [2.05, 4.69) is 10.1 Å². The van der Waals surface area contributed by atoms with Gasteiger partial charge in [-0.25, -0.2) is 4.39 Å². The minimum Gasteiger partial charge on any atom is -0.394 e. The number of pyridine rings is 1. The molecule has 5 heteroatoms. The van der Waals surface area contributed by atoms with Gasteiger partial charge in [0.05, 0.1) is 6.20 Å². The first-order valence-electron chi connectivity index (χ1n) is 7.06. The number of hydrogen-bond donors (Lipinski definition) is 0. The second-order valence-corrected chi connectivity index (χ2v) is 5.19. The summed E-state index contributed by atoms with van der Waals surface area (Å²) in [6.45, 7) is 3.87. The molecule has 0 amide bonds. The molecule has 2 heterocycles. The molecule has 3 aromatic rings. The van der Waals surface area contributed by atoms with Crippen LogP contribution < -0.4 is 4.84 Å². The molecule has 0 N–H and O–H groups in total. The van der Waals surface area contributed by atoms with Crippen LogP contribution in [0.15, 0.2) is 55.0 Å². The molecule has 112 valence electrons. The smallest absolute Gasteiger partial charge is 0.123 e. The minimum absolute atomic E-state index is 0.00579. The van der Waals surface area contributed by atoms with Gasteiger partial charge in [0, 0.05) is 23.5 Å². The Morgan fingerprint density at radius 1 is 1.00 bits per heavy atom.